The lowest BCUT2D eigenvalue weighted by Crippen LogP contribution is -2.20. The van der Waals surface area contributed by atoms with Crippen molar-refractivity contribution in [3.05, 3.63) is 30.3 Å². The van der Waals surface area contributed by atoms with Gasteiger partial charge in [-0.3, -0.25) is 0 Å². The van der Waals surface area contributed by atoms with Crippen molar-refractivity contribution in [2.75, 3.05) is 12.9 Å². The summed E-state index contributed by atoms with van der Waals surface area (Å²) in [4.78, 5) is 0. The molecule has 1 aromatic heterocycles. The fourth-order valence-electron chi connectivity index (χ4n) is 7.21. The Balaban J connectivity index is 1.29. The molecule has 1 aromatic carbocycles. The van der Waals surface area contributed by atoms with Gasteiger partial charge in [0.1, 0.15) is 0 Å². The van der Waals surface area contributed by atoms with Gasteiger partial charge in [0.15, 0.2) is 0 Å². The van der Waals surface area contributed by atoms with Crippen LogP contribution in [0.3, 0.4) is 0 Å². The van der Waals surface area contributed by atoms with Gasteiger partial charge in [0.25, 0.3) is 0 Å². The first-order chi connectivity index (χ1) is 24.3. The maximum Gasteiger partial charge on any atom is 0.214 e. The fraction of sp³-hybridized carbons (Fsp3) is 0.837. The van der Waals surface area contributed by atoms with Gasteiger partial charge in [-0.15, -0.1) is 5.10 Å². The predicted octanol–water partition coefficient (Wildman–Crippen LogP) is 14.1. The van der Waals surface area contributed by atoms with Crippen LogP contribution >= 0.6 is 11.8 Å². The van der Waals surface area contributed by atoms with Crippen molar-refractivity contribution in [1.29, 1.82) is 0 Å². The molecule has 0 spiro atoms. The average molecular weight is 699 g/mol. The lowest BCUT2D eigenvalue weighted by Gasteiger charge is -2.22. The van der Waals surface area contributed by atoms with Gasteiger partial charge in [0, 0.05) is 12.9 Å². The molecule has 0 aliphatic rings. The van der Waals surface area contributed by atoms with Crippen LogP contribution in [0, 0.1) is 5.92 Å². The van der Waals surface area contributed by atoms with Crippen molar-refractivity contribution in [3.63, 3.8) is 0 Å². The highest BCUT2D eigenvalue weighted by Gasteiger charge is 2.16. The molecule has 0 radical (unpaired) electrons. The van der Waals surface area contributed by atoms with Crippen LogP contribution in [0.5, 0.6) is 0 Å². The summed E-state index contributed by atoms with van der Waals surface area (Å²) >= 11 is 1.77. The van der Waals surface area contributed by atoms with Crippen molar-refractivity contribution in [3.8, 4) is 5.69 Å². The first-order valence-electron chi connectivity index (χ1n) is 21.3. The SMILES string of the molecule is CCCCCCCCCCCCCCCCCC[C@H](C)[C@H](CCCCCCCCCCCCCCSc1nnnn1-c1ccccc1)OC. The van der Waals surface area contributed by atoms with E-state index in [9.17, 15) is 0 Å². The van der Waals surface area contributed by atoms with Gasteiger partial charge in [-0.2, -0.15) is 4.68 Å². The van der Waals surface area contributed by atoms with Crippen LogP contribution in [0.25, 0.3) is 5.69 Å². The Kier molecular flexibility index (Phi) is 29.0. The lowest BCUT2D eigenvalue weighted by molar-refractivity contribution is 0.0456. The van der Waals surface area contributed by atoms with Crippen LogP contribution in [-0.2, 0) is 4.74 Å². The summed E-state index contributed by atoms with van der Waals surface area (Å²) in [6.07, 6.45) is 42.6. The zero-order valence-corrected chi connectivity index (χ0v) is 33.4. The maximum atomic E-state index is 5.93. The number of tetrazole rings is 1. The quantitative estimate of drug-likeness (QED) is 0.0524. The second-order valence-corrected chi connectivity index (χ2v) is 16.0. The number of methoxy groups -OCH3 is 1. The minimum Gasteiger partial charge on any atom is -0.381 e. The maximum absolute atomic E-state index is 5.93. The Labute approximate surface area is 308 Å². The Hall–Kier alpha value is -1.40. The standard InChI is InChI=1S/C43H78N4OS/c1-4-5-6-7-8-9-10-11-12-13-14-17-20-23-26-30-35-40(2)42(48-3)38-33-27-24-21-18-15-16-19-22-25-28-34-39-49-43-44-45-46-47(43)41-36-31-29-32-37-41/h29,31-32,36-37,40,42H,4-28,30,33-35,38-39H2,1-3H3/t40-,42-/m0/s1. The van der Waals surface area contributed by atoms with Crippen molar-refractivity contribution < 1.29 is 4.74 Å². The molecule has 0 aliphatic heterocycles. The van der Waals surface area contributed by atoms with E-state index in [2.05, 4.69) is 29.4 Å². The molecule has 6 heteroatoms. The minimum atomic E-state index is 0.460. The number of nitrogens with zero attached hydrogens (tertiary/aromatic N) is 4. The van der Waals surface area contributed by atoms with E-state index in [0.717, 1.165) is 16.6 Å². The number of hydrogen-bond acceptors (Lipinski definition) is 5. The topological polar surface area (TPSA) is 52.8 Å². The van der Waals surface area contributed by atoms with Crippen LogP contribution in [0.1, 0.15) is 206 Å². The highest BCUT2D eigenvalue weighted by atomic mass is 32.2. The summed E-state index contributed by atoms with van der Waals surface area (Å²) in [6.45, 7) is 4.73. The minimum absolute atomic E-state index is 0.460. The van der Waals surface area contributed by atoms with Crippen molar-refractivity contribution in [2.45, 2.75) is 218 Å². The van der Waals surface area contributed by atoms with Crippen LogP contribution in [-0.4, -0.2) is 39.2 Å². The van der Waals surface area contributed by atoms with Crippen LogP contribution in [0.4, 0.5) is 0 Å². The second kappa shape index (κ2) is 32.5. The summed E-state index contributed by atoms with van der Waals surface area (Å²) in [7, 11) is 1.94. The monoisotopic (exact) mass is 699 g/mol. The molecule has 2 atom stereocenters. The van der Waals surface area contributed by atoms with Crippen LogP contribution in [0.15, 0.2) is 35.5 Å². The molecule has 0 unspecified atom stereocenters. The fourth-order valence-corrected chi connectivity index (χ4v) is 8.10. The lowest BCUT2D eigenvalue weighted by atomic mass is 9.93. The van der Waals surface area contributed by atoms with Gasteiger partial charge in [-0.25, -0.2) is 0 Å². The van der Waals surface area contributed by atoms with Crippen molar-refractivity contribution in [2.24, 2.45) is 5.92 Å². The van der Waals surface area contributed by atoms with Gasteiger partial charge >= 0.3 is 0 Å². The molecule has 5 nitrogen and oxygen atoms in total. The number of thioether (sulfide) groups is 1. The van der Waals surface area contributed by atoms with E-state index in [1.165, 1.54) is 193 Å². The van der Waals surface area contributed by atoms with E-state index < -0.39 is 0 Å². The zero-order valence-electron chi connectivity index (χ0n) is 32.6. The summed E-state index contributed by atoms with van der Waals surface area (Å²) in [5, 5.41) is 13.1. The molecule has 2 rings (SSSR count). The number of unbranched alkanes of at least 4 members (excludes halogenated alkanes) is 26. The summed E-state index contributed by atoms with van der Waals surface area (Å²) in [6, 6.07) is 10.1. The first kappa shape index (κ1) is 43.8. The number of rotatable bonds is 36. The third kappa shape index (κ3) is 23.7. The summed E-state index contributed by atoms with van der Waals surface area (Å²) < 4.78 is 7.77. The largest absolute Gasteiger partial charge is 0.381 e. The Bertz CT molecular complexity index is 954. The summed E-state index contributed by atoms with van der Waals surface area (Å²) in [5.74, 6) is 1.78. The molecule has 0 saturated heterocycles. The molecule has 0 amide bonds. The molecule has 0 aliphatic carbocycles. The molecular formula is C43H78N4OS. The van der Waals surface area contributed by atoms with E-state index in [-0.39, 0.29) is 0 Å². The molecule has 1 heterocycles. The van der Waals surface area contributed by atoms with Gasteiger partial charge in [-0.05, 0) is 47.7 Å². The third-order valence-corrected chi connectivity index (χ3v) is 11.5. The van der Waals surface area contributed by atoms with Crippen molar-refractivity contribution in [1.82, 2.24) is 20.2 Å². The Morgan fingerprint density at radius 1 is 0.571 bits per heavy atom. The van der Waals surface area contributed by atoms with Gasteiger partial charge in [-0.1, -0.05) is 217 Å². The van der Waals surface area contributed by atoms with E-state index >= 15 is 0 Å². The number of aromatic nitrogens is 4. The Morgan fingerprint density at radius 3 is 1.47 bits per heavy atom. The van der Waals surface area contributed by atoms with Crippen LogP contribution < -0.4 is 0 Å². The zero-order chi connectivity index (χ0) is 34.9. The normalized spacial score (nSPS) is 12.9. The number of para-hydroxylation sites is 1. The molecule has 0 fully saturated rings. The summed E-state index contributed by atoms with van der Waals surface area (Å²) in [5.41, 5.74) is 1.02. The molecule has 0 bridgehead atoms. The average Bonchev–Trinajstić information content (AvgIpc) is 3.60. The first-order valence-corrected chi connectivity index (χ1v) is 22.2. The van der Waals surface area contributed by atoms with E-state index in [1.807, 2.05) is 42.1 Å². The van der Waals surface area contributed by atoms with E-state index in [4.69, 9.17) is 4.74 Å². The van der Waals surface area contributed by atoms with Gasteiger partial charge in [0.05, 0.1) is 11.8 Å². The smallest absolute Gasteiger partial charge is 0.214 e. The Morgan fingerprint density at radius 2 is 1.00 bits per heavy atom. The predicted molar refractivity (Wildman–Crippen MR) is 214 cm³/mol. The van der Waals surface area contributed by atoms with Crippen molar-refractivity contribution >= 4 is 11.8 Å². The van der Waals surface area contributed by atoms with E-state index in [0.29, 0.717) is 12.0 Å². The van der Waals surface area contributed by atoms with Gasteiger partial charge < -0.3 is 4.74 Å². The highest BCUT2D eigenvalue weighted by Crippen LogP contribution is 2.23. The van der Waals surface area contributed by atoms with Gasteiger partial charge in [0.2, 0.25) is 5.16 Å². The highest BCUT2D eigenvalue weighted by molar-refractivity contribution is 7.99. The third-order valence-electron chi connectivity index (χ3n) is 10.5. The number of ether oxygens (including phenoxy) is 1. The molecule has 282 valence electrons. The number of benzene rings is 1. The number of hydrogen-bond donors (Lipinski definition) is 0. The molecule has 49 heavy (non-hydrogen) atoms. The van der Waals surface area contributed by atoms with Crippen LogP contribution in [0.2, 0.25) is 0 Å². The molecule has 0 N–H and O–H groups in total. The second-order valence-electron chi connectivity index (χ2n) is 14.9. The molecule has 2 aromatic rings. The van der Waals surface area contributed by atoms with E-state index in [1.54, 1.807) is 11.8 Å². The molecular weight excluding hydrogens is 621 g/mol. The molecule has 0 saturated carbocycles.